The van der Waals surface area contributed by atoms with Gasteiger partial charge in [0.15, 0.2) is 0 Å². The highest BCUT2D eigenvalue weighted by Gasteiger charge is 1.95. The molecule has 6 nitrogen and oxygen atoms in total. The minimum Gasteiger partial charge on any atom is -0.330 e. The summed E-state index contributed by atoms with van der Waals surface area (Å²) in [6, 6.07) is 0. The molecule has 0 aliphatic heterocycles. The van der Waals surface area contributed by atoms with Crippen molar-refractivity contribution in [3.05, 3.63) is 0 Å². The van der Waals surface area contributed by atoms with Gasteiger partial charge < -0.3 is 34.4 Å². The molecule has 0 spiro atoms. The van der Waals surface area contributed by atoms with Crippen LogP contribution in [0, 0.1) is 47.3 Å². The van der Waals surface area contributed by atoms with Crippen molar-refractivity contribution in [2.45, 2.75) is 175 Å². The second kappa shape index (κ2) is 64.7. The Morgan fingerprint density at radius 3 is 0.480 bits per heavy atom. The van der Waals surface area contributed by atoms with Gasteiger partial charge in [0.2, 0.25) is 0 Å². The molecule has 0 amide bonds. The van der Waals surface area contributed by atoms with Crippen molar-refractivity contribution in [1.29, 1.82) is 0 Å². The maximum Gasteiger partial charge on any atom is 0.00343 e. The zero-order valence-electron chi connectivity index (χ0n) is 37.6. The lowest BCUT2D eigenvalue weighted by Crippen LogP contribution is -2.10. The third-order valence-corrected chi connectivity index (χ3v) is 10.1. The Kier molecular flexibility index (Phi) is 88.9. The quantitative estimate of drug-likeness (QED) is 0.0754. The minimum atomic E-state index is 0.680. The summed E-state index contributed by atoms with van der Waals surface area (Å²) >= 11 is 6.73. The molecule has 8 heteroatoms. The maximum atomic E-state index is 5.34. The summed E-state index contributed by atoms with van der Waals surface area (Å²) in [5, 5.41) is 2.23. The van der Waals surface area contributed by atoms with Crippen molar-refractivity contribution >= 4 is 31.9 Å². The van der Waals surface area contributed by atoms with Gasteiger partial charge in [-0.1, -0.05) is 194 Å². The number of alkyl halides is 2. The molecule has 0 aromatic carbocycles. The fourth-order valence-corrected chi connectivity index (χ4v) is 3.38. The minimum absolute atomic E-state index is 0.680. The molecule has 0 aliphatic carbocycles. The number of nitrogens with two attached hydrogens (primary N) is 6. The zero-order chi connectivity index (χ0) is 41.3. The van der Waals surface area contributed by atoms with E-state index in [1.54, 1.807) is 0 Å². The van der Waals surface area contributed by atoms with E-state index in [2.05, 4.69) is 143 Å². The van der Waals surface area contributed by atoms with Crippen molar-refractivity contribution in [2.24, 2.45) is 81.7 Å². The van der Waals surface area contributed by atoms with E-state index < -0.39 is 0 Å². The van der Waals surface area contributed by atoms with Crippen molar-refractivity contribution in [3.8, 4) is 0 Å². The van der Waals surface area contributed by atoms with Gasteiger partial charge in [-0.15, -0.1) is 0 Å². The normalized spacial score (nSPS) is 13.9. The van der Waals surface area contributed by atoms with Crippen LogP contribution < -0.4 is 34.4 Å². The van der Waals surface area contributed by atoms with Crippen molar-refractivity contribution in [1.82, 2.24) is 0 Å². The van der Waals surface area contributed by atoms with Crippen molar-refractivity contribution < 1.29 is 0 Å². The van der Waals surface area contributed by atoms with Gasteiger partial charge in [-0.2, -0.15) is 0 Å². The monoisotopic (exact) mass is 851 g/mol. The highest BCUT2D eigenvalue weighted by Crippen LogP contribution is 2.07. The fraction of sp³-hybridized carbons (Fsp3) is 1.00. The van der Waals surface area contributed by atoms with E-state index >= 15 is 0 Å². The number of hydrogen-bond donors (Lipinski definition) is 6. The molecule has 0 aliphatic rings. The molecular formula is C42H104Br2N6. The van der Waals surface area contributed by atoms with Gasteiger partial charge in [-0.25, -0.2) is 0 Å². The van der Waals surface area contributed by atoms with Gasteiger partial charge >= 0.3 is 0 Å². The highest BCUT2D eigenvalue weighted by atomic mass is 79.9. The number of hydrogen-bond acceptors (Lipinski definition) is 6. The lowest BCUT2D eigenvalue weighted by molar-refractivity contribution is 0.544. The van der Waals surface area contributed by atoms with Crippen LogP contribution in [0.25, 0.3) is 0 Å². The summed E-state index contributed by atoms with van der Waals surface area (Å²) in [6.07, 6.45) is 12.5. The van der Waals surface area contributed by atoms with E-state index in [4.69, 9.17) is 34.4 Å². The summed E-state index contributed by atoms with van der Waals surface area (Å²) in [6.45, 7) is 39.9. The first kappa shape index (κ1) is 68.7. The average molecular weight is 853 g/mol. The molecule has 316 valence electrons. The number of halogens is 2. The predicted octanol–water partition coefficient (Wildman–Crippen LogP) is 11.6. The molecule has 0 fully saturated rings. The molecule has 50 heavy (non-hydrogen) atoms. The molecular weight excluding hydrogens is 748 g/mol. The molecule has 0 aromatic rings. The Labute approximate surface area is 337 Å². The second-order valence-corrected chi connectivity index (χ2v) is 16.1. The molecule has 7 atom stereocenters. The fourth-order valence-electron chi connectivity index (χ4n) is 1.82. The van der Waals surface area contributed by atoms with Crippen LogP contribution in [0.15, 0.2) is 0 Å². The molecule has 0 aromatic heterocycles. The van der Waals surface area contributed by atoms with Crippen molar-refractivity contribution in [3.63, 3.8) is 0 Å². The van der Waals surface area contributed by atoms with Crippen LogP contribution in [0.1, 0.15) is 175 Å². The summed E-state index contributed by atoms with van der Waals surface area (Å²) in [4.78, 5) is 0. The Bertz CT molecular complexity index is 378. The van der Waals surface area contributed by atoms with Crippen LogP contribution in [0.5, 0.6) is 0 Å². The van der Waals surface area contributed by atoms with Crippen LogP contribution in [0.2, 0.25) is 0 Å². The maximum absolute atomic E-state index is 5.34. The summed E-state index contributed by atoms with van der Waals surface area (Å²) in [5.41, 5.74) is 31.8. The molecule has 7 unspecified atom stereocenters. The van der Waals surface area contributed by atoms with Gasteiger partial charge in [0, 0.05) is 10.7 Å². The van der Waals surface area contributed by atoms with Gasteiger partial charge in [0.05, 0.1) is 0 Å². The first-order valence-electron chi connectivity index (χ1n) is 20.8. The third-order valence-electron chi connectivity index (χ3n) is 9.19. The van der Waals surface area contributed by atoms with Crippen LogP contribution in [-0.4, -0.2) is 49.9 Å². The van der Waals surface area contributed by atoms with Gasteiger partial charge in [-0.3, -0.25) is 0 Å². The molecule has 0 rings (SSSR count). The molecule has 0 saturated heterocycles. The third kappa shape index (κ3) is 92.0. The first-order valence-corrected chi connectivity index (χ1v) is 23.0. The molecule has 0 saturated carbocycles. The van der Waals surface area contributed by atoms with E-state index in [9.17, 15) is 0 Å². The van der Waals surface area contributed by atoms with Crippen LogP contribution in [0.3, 0.4) is 0 Å². The van der Waals surface area contributed by atoms with Crippen LogP contribution >= 0.6 is 31.9 Å². The topological polar surface area (TPSA) is 156 Å². The Balaban J connectivity index is -0.0000000673. The number of rotatable bonds is 18. The molecule has 0 heterocycles. The Morgan fingerprint density at radius 1 is 0.280 bits per heavy atom. The van der Waals surface area contributed by atoms with Crippen LogP contribution in [-0.2, 0) is 0 Å². The van der Waals surface area contributed by atoms with Gasteiger partial charge in [0.25, 0.3) is 0 Å². The first-order chi connectivity index (χ1) is 23.5. The van der Waals surface area contributed by atoms with Gasteiger partial charge in [-0.05, 0) is 99.5 Å². The second-order valence-electron chi connectivity index (χ2n) is 14.5. The van der Waals surface area contributed by atoms with E-state index in [1.807, 2.05) is 0 Å². The summed E-state index contributed by atoms with van der Waals surface area (Å²) in [7, 11) is 0. The molecule has 12 N–H and O–H groups in total. The summed E-state index contributed by atoms with van der Waals surface area (Å²) < 4.78 is 0. The lowest BCUT2D eigenvalue weighted by atomic mass is 10.1. The zero-order valence-corrected chi connectivity index (χ0v) is 40.7. The lowest BCUT2D eigenvalue weighted by Gasteiger charge is -2.01. The van der Waals surface area contributed by atoms with E-state index in [0.717, 1.165) is 61.8 Å². The smallest absolute Gasteiger partial charge is 0.00343 e. The Hall–Kier alpha value is 0.720. The summed E-state index contributed by atoms with van der Waals surface area (Å²) in [5.74, 6) is 6.08. The standard InChI is InChI=1S/C6H13Br.C6H14.C5H12BrN.5C5H13N/c1-3-6(2)4-5-7;1-4-6(3)5-2;1-5(4-7)2-3-6;5*1-3-5(2)4-6/h6H,3-5H2,1-2H3;6H,4-5H2,1-3H3;5H,2-4,7H2,1H3;5*5H,3-4,6H2,1-2H3. The van der Waals surface area contributed by atoms with Crippen molar-refractivity contribution in [2.75, 3.05) is 49.9 Å². The van der Waals surface area contributed by atoms with Crippen LogP contribution in [0.4, 0.5) is 0 Å². The highest BCUT2D eigenvalue weighted by molar-refractivity contribution is 9.09. The SMILES string of the molecule is CC(CN)CCBr.CCC(C)CC.CCC(C)CCBr.CCC(C)CN.CCC(C)CN.CCC(C)CN.CCC(C)CN.CCC(C)CN. The Morgan fingerprint density at radius 2 is 0.440 bits per heavy atom. The van der Waals surface area contributed by atoms with E-state index in [1.165, 1.54) is 64.2 Å². The van der Waals surface area contributed by atoms with E-state index in [-0.39, 0.29) is 0 Å². The molecule has 0 bridgehead atoms. The largest absolute Gasteiger partial charge is 0.330 e. The average Bonchev–Trinajstić information content (AvgIpc) is 3.17. The predicted molar refractivity (Wildman–Crippen MR) is 247 cm³/mol. The molecule has 0 radical (unpaired) electrons. The van der Waals surface area contributed by atoms with Gasteiger partial charge in [0.1, 0.15) is 0 Å². The van der Waals surface area contributed by atoms with E-state index in [0.29, 0.717) is 35.5 Å².